The Morgan fingerprint density at radius 2 is 1.85 bits per heavy atom. The number of hydrogen-bond acceptors (Lipinski definition) is 4. The van der Waals surface area contributed by atoms with E-state index in [0.717, 1.165) is 16.6 Å². The maximum atomic E-state index is 12.8. The Morgan fingerprint density at radius 1 is 1.07 bits per heavy atom. The lowest BCUT2D eigenvalue weighted by molar-refractivity contribution is -0.115. The summed E-state index contributed by atoms with van der Waals surface area (Å²) in [6.45, 7) is 4.02. The Bertz CT molecular complexity index is 1000. The molecule has 2 aromatic carbocycles. The summed E-state index contributed by atoms with van der Waals surface area (Å²) in [5.74, 6) is 0.350. The van der Waals surface area contributed by atoms with Gasteiger partial charge in [0.25, 0.3) is 5.91 Å². The molecule has 0 spiro atoms. The lowest BCUT2D eigenvalue weighted by atomic mass is 10.1. The van der Waals surface area contributed by atoms with Crippen LogP contribution in [0.4, 0.5) is 5.69 Å². The van der Waals surface area contributed by atoms with Gasteiger partial charge in [-0.25, -0.2) is 9.97 Å². The molecule has 2 amide bonds. The molecule has 0 saturated heterocycles. The minimum atomic E-state index is -0.156. The van der Waals surface area contributed by atoms with E-state index in [2.05, 4.69) is 15.3 Å². The van der Waals surface area contributed by atoms with Crippen LogP contribution in [0.15, 0.2) is 48.5 Å². The van der Waals surface area contributed by atoms with Crippen molar-refractivity contribution < 1.29 is 9.59 Å². The maximum absolute atomic E-state index is 12.8. The third-order valence-electron chi connectivity index (χ3n) is 4.28. The first-order valence-corrected chi connectivity index (χ1v) is 8.85. The van der Waals surface area contributed by atoms with E-state index >= 15 is 0 Å². The fourth-order valence-corrected chi connectivity index (χ4v) is 2.85. The van der Waals surface area contributed by atoms with Crippen LogP contribution in [0.1, 0.15) is 35.2 Å². The molecule has 0 aliphatic heterocycles. The van der Waals surface area contributed by atoms with Gasteiger partial charge >= 0.3 is 0 Å². The molecule has 1 N–H and O–H groups in total. The van der Waals surface area contributed by atoms with Crippen LogP contribution in [-0.2, 0) is 11.3 Å². The van der Waals surface area contributed by atoms with Gasteiger partial charge in [-0.2, -0.15) is 0 Å². The van der Waals surface area contributed by atoms with Crippen molar-refractivity contribution in [3.63, 3.8) is 0 Å². The number of amides is 2. The maximum Gasteiger partial charge on any atom is 0.254 e. The molecule has 6 nitrogen and oxygen atoms in total. The van der Waals surface area contributed by atoms with Crippen molar-refractivity contribution in [1.82, 2.24) is 14.9 Å². The number of carbonyl (C=O) groups excluding carboxylic acids is 2. The van der Waals surface area contributed by atoms with Gasteiger partial charge in [0.2, 0.25) is 5.91 Å². The normalized spacial score (nSPS) is 10.6. The average molecular weight is 362 g/mol. The molecule has 6 heteroatoms. The molecule has 0 fully saturated rings. The van der Waals surface area contributed by atoms with Crippen molar-refractivity contribution in [2.75, 3.05) is 12.4 Å². The van der Waals surface area contributed by atoms with Gasteiger partial charge in [-0.15, -0.1) is 0 Å². The Balaban J connectivity index is 1.78. The van der Waals surface area contributed by atoms with Crippen LogP contribution >= 0.6 is 0 Å². The van der Waals surface area contributed by atoms with Gasteiger partial charge in [0.15, 0.2) is 0 Å². The SMILES string of the molecule is CCC(=O)Nc1cccc(C(=O)N(C)Cc2nc(C)c3ccccc3n2)c1. The number of nitrogens with one attached hydrogen (secondary N) is 1. The molecular formula is C21H22N4O2. The summed E-state index contributed by atoms with van der Waals surface area (Å²) in [6.07, 6.45) is 0.386. The first kappa shape index (κ1) is 18.5. The highest BCUT2D eigenvalue weighted by Gasteiger charge is 2.15. The minimum absolute atomic E-state index is 0.0898. The summed E-state index contributed by atoms with van der Waals surface area (Å²) in [5.41, 5.74) is 2.87. The van der Waals surface area contributed by atoms with Crippen molar-refractivity contribution in [3.8, 4) is 0 Å². The van der Waals surface area contributed by atoms with Crippen LogP contribution in [0.25, 0.3) is 10.9 Å². The molecule has 0 unspecified atom stereocenters. The number of aryl methyl sites for hydroxylation is 1. The van der Waals surface area contributed by atoms with Crippen molar-refractivity contribution in [2.24, 2.45) is 0 Å². The zero-order valence-corrected chi connectivity index (χ0v) is 15.7. The summed E-state index contributed by atoms with van der Waals surface area (Å²) in [7, 11) is 1.72. The molecular weight excluding hydrogens is 340 g/mol. The van der Waals surface area contributed by atoms with E-state index in [1.54, 1.807) is 43.1 Å². The van der Waals surface area contributed by atoms with E-state index in [9.17, 15) is 9.59 Å². The number of aromatic nitrogens is 2. The quantitative estimate of drug-likeness (QED) is 0.753. The van der Waals surface area contributed by atoms with E-state index in [1.165, 1.54) is 0 Å². The van der Waals surface area contributed by atoms with Crippen LogP contribution in [0.5, 0.6) is 0 Å². The van der Waals surface area contributed by atoms with Crippen molar-refractivity contribution in [3.05, 3.63) is 65.6 Å². The molecule has 138 valence electrons. The number of anilines is 1. The van der Waals surface area contributed by atoms with Crippen LogP contribution in [0.3, 0.4) is 0 Å². The topological polar surface area (TPSA) is 75.2 Å². The van der Waals surface area contributed by atoms with E-state index in [1.807, 2.05) is 31.2 Å². The molecule has 0 radical (unpaired) electrons. The summed E-state index contributed by atoms with van der Waals surface area (Å²) >= 11 is 0. The van der Waals surface area contributed by atoms with Gasteiger partial charge in [-0.3, -0.25) is 9.59 Å². The Kier molecular flexibility index (Phi) is 5.45. The number of carbonyl (C=O) groups is 2. The Morgan fingerprint density at radius 3 is 2.63 bits per heavy atom. The van der Waals surface area contributed by atoms with Gasteiger partial charge in [-0.05, 0) is 31.2 Å². The molecule has 1 aromatic heterocycles. The average Bonchev–Trinajstić information content (AvgIpc) is 2.67. The second-order valence-corrected chi connectivity index (χ2v) is 6.39. The van der Waals surface area contributed by atoms with Gasteiger partial charge in [0, 0.05) is 35.8 Å². The highest BCUT2D eigenvalue weighted by Crippen LogP contribution is 2.17. The summed E-state index contributed by atoms with van der Waals surface area (Å²) < 4.78 is 0. The summed E-state index contributed by atoms with van der Waals surface area (Å²) in [6, 6.07) is 14.7. The summed E-state index contributed by atoms with van der Waals surface area (Å²) in [4.78, 5) is 35.0. The van der Waals surface area contributed by atoms with E-state index in [-0.39, 0.29) is 11.8 Å². The second kappa shape index (κ2) is 7.95. The monoisotopic (exact) mass is 362 g/mol. The molecule has 0 aliphatic carbocycles. The van der Waals surface area contributed by atoms with Crippen LogP contribution < -0.4 is 5.32 Å². The zero-order chi connectivity index (χ0) is 19.4. The highest BCUT2D eigenvalue weighted by atomic mass is 16.2. The van der Waals surface area contributed by atoms with Crippen LogP contribution in [0.2, 0.25) is 0 Å². The van der Waals surface area contributed by atoms with Gasteiger partial charge < -0.3 is 10.2 Å². The van der Waals surface area contributed by atoms with Crippen LogP contribution in [0, 0.1) is 6.92 Å². The molecule has 0 aliphatic rings. The minimum Gasteiger partial charge on any atom is -0.334 e. The first-order chi connectivity index (χ1) is 13.0. The number of fused-ring (bicyclic) bond motifs is 1. The third-order valence-corrected chi connectivity index (χ3v) is 4.28. The number of hydrogen-bond donors (Lipinski definition) is 1. The van der Waals surface area contributed by atoms with Crippen LogP contribution in [-0.4, -0.2) is 33.7 Å². The molecule has 1 heterocycles. The molecule has 3 aromatic rings. The second-order valence-electron chi connectivity index (χ2n) is 6.39. The predicted molar refractivity (Wildman–Crippen MR) is 105 cm³/mol. The van der Waals surface area contributed by atoms with E-state index in [0.29, 0.717) is 30.0 Å². The fourth-order valence-electron chi connectivity index (χ4n) is 2.85. The first-order valence-electron chi connectivity index (χ1n) is 8.85. The largest absolute Gasteiger partial charge is 0.334 e. The standard InChI is InChI=1S/C21H22N4O2/c1-4-20(26)23-16-9-7-8-15(12-16)21(27)25(3)13-19-22-14(2)17-10-5-6-11-18(17)24-19/h5-12H,4,13H2,1-3H3,(H,23,26). The molecule has 0 atom stereocenters. The predicted octanol–water partition coefficient (Wildman–Crippen LogP) is 3.56. The Labute approximate surface area is 158 Å². The molecule has 3 rings (SSSR count). The summed E-state index contributed by atoms with van der Waals surface area (Å²) in [5, 5.41) is 3.78. The lowest BCUT2D eigenvalue weighted by Gasteiger charge is -2.17. The van der Waals surface area contributed by atoms with E-state index in [4.69, 9.17) is 0 Å². The van der Waals surface area contributed by atoms with Crippen molar-refractivity contribution in [2.45, 2.75) is 26.8 Å². The van der Waals surface area contributed by atoms with E-state index < -0.39 is 0 Å². The lowest BCUT2D eigenvalue weighted by Crippen LogP contribution is -2.27. The number of benzene rings is 2. The Hall–Kier alpha value is -3.28. The van der Waals surface area contributed by atoms with Gasteiger partial charge in [0.05, 0.1) is 12.1 Å². The zero-order valence-electron chi connectivity index (χ0n) is 15.7. The van der Waals surface area contributed by atoms with Crippen molar-refractivity contribution >= 4 is 28.4 Å². The molecule has 27 heavy (non-hydrogen) atoms. The molecule has 0 bridgehead atoms. The van der Waals surface area contributed by atoms with Gasteiger partial charge in [-0.1, -0.05) is 31.2 Å². The van der Waals surface area contributed by atoms with Crippen molar-refractivity contribution in [1.29, 1.82) is 0 Å². The number of rotatable bonds is 5. The van der Waals surface area contributed by atoms with Gasteiger partial charge in [0.1, 0.15) is 5.82 Å². The smallest absolute Gasteiger partial charge is 0.254 e. The molecule has 0 saturated carbocycles. The third kappa shape index (κ3) is 4.28. The fraction of sp³-hybridized carbons (Fsp3) is 0.238. The number of nitrogens with zero attached hydrogens (tertiary/aromatic N) is 3. The number of para-hydroxylation sites is 1. The highest BCUT2D eigenvalue weighted by molar-refractivity contribution is 5.97.